The van der Waals surface area contributed by atoms with Gasteiger partial charge in [-0.3, -0.25) is 9.69 Å². The fourth-order valence-corrected chi connectivity index (χ4v) is 1.62. The first-order valence-corrected chi connectivity index (χ1v) is 4.45. The number of carbonyl (C=O) groups is 2. The largest absolute Gasteiger partial charge is 0.394 e. The van der Waals surface area contributed by atoms with Crippen molar-refractivity contribution in [2.45, 2.75) is 18.5 Å². The third-order valence-corrected chi connectivity index (χ3v) is 2.60. The molecule has 6 nitrogen and oxygen atoms in total. The first kappa shape index (κ1) is 9.42. The van der Waals surface area contributed by atoms with Gasteiger partial charge in [-0.1, -0.05) is 0 Å². The summed E-state index contributed by atoms with van der Waals surface area (Å²) in [5.74, 6) is -0.296. The van der Waals surface area contributed by atoms with Gasteiger partial charge in [-0.05, 0) is 6.92 Å². The summed E-state index contributed by atoms with van der Waals surface area (Å²) in [6.07, 6.45) is 0. The minimum atomic E-state index is -0.847. The van der Waals surface area contributed by atoms with Gasteiger partial charge in [-0.25, -0.2) is 4.79 Å². The topological polar surface area (TPSA) is 78.9 Å². The van der Waals surface area contributed by atoms with Crippen molar-refractivity contribution in [2.75, 3.05) is 19.8 Å². The van der Waals surface area contributed by atoms with E-state index in [9.17, 15) is 9.59 Å². The van der Waals surface area contributed by atoms with Crippen LogP contribution in [0.5, 0.6) is 0 Å². The molecule has 2 heterocycles. The number of nitrogens with one attached hydrogen (secondary N) is 1. The molecule has 2 rings (SSSR count). The Bertz CT molecular complexity index is 287. The fourth-order valence-electron chi connectivity index (χ4n) is 1.62. The number of hydrogen-bond acceptors (Lipinski definition) is 4. The number of aliphatic hydroxyl groups is 1. The van der Waals surface area contributed by atoms with E-state index in [4.69, 9.17) is 9.84 Å². The summed E-state index contributed by atoms with van der Waals surface area (Å²) in [5.41, 5.74) is -0.847. The van der Waals surface area contributed by atoms with E-state index in [1.165, 1.54) is 0 Å². The molecule has 0 radical (unpaired) electrons. The summed E-state index contributed by atoms with van der Waals surface area (Å²) in [6, 6.07) is -0.928. The molecule has 1 atom stereocenters. The molecule has 1 spiro atoms. The van der Waals surface area contributed by atoms with Gasteiger partial charge >= 0.3 is 6.03 Å². The van der Waals surface area contributed by atoms with Gasteiger partial charge in [0.15, 0.2) is 5.54 Å². The number of ether oxygens (including phenoxy) is 1. The Labute approximate surface area is 80.8 Å². The zero-order valence-electron chi connectivity index (χ0n) is 7.82. The molecule has 0 aliphatic carbocycles. The van der Waals surface area contributed by atoms with Crippen molar-refractivity contribution in [3.05, 3.63) is 0 Å². The summed E-state index contributed by atoms with van der Waals surface area (Å²) >= 11 is 0. The smallest absolute Gasteiger partial charge is 0.325 e. The zero-order chi connectivity index (χ0) is 10.3. The lowest BCUT2D eigenvalue weighted by molar-refractivity contribution is -0.149. The van der Waals surface area contributed by atoms with Crippen molar-refractivity contribution in [3.63, 3.8) is 0 Å². The van der Waals surface area contributed by atoms with Crippen LogP contribution in [0.4, 0.5) is 4.79 Å². The number of amides is 3. The molecule has 1 unspecified atom stereocenters. The number of imide groups is 1. The Morgan fingerprint density at radius 3 is 2.64 bits per heavy atom. The molecule has 0 aromatic heterocycles. The Kier molecular flexibility index (Phi) is 1.97. The van der Waals surface area contributed by atoms with Crippen LogP contribution in [0.15, 0.2) is 0 Å². The normalized spacial score (nSPS) is 26.3. The Balaban J connectivity index is 2.20. The van der Waals surface area contributed by atoms with E-state index in [0.717, 1.165) is 4.90 Å². The SMILES string of the molecule is CC(CO)N1C(=O)NC2(COC2)C1=O. The monoisotopic (exact) mass is 200 g/mol. The molecule has 0 aromatic carbocycles. The maximum Gasteiger partial charge on any atom is 0.325 e. The lowest BCUT2D eigenvalue weighted by Crippen LogP contribution is -2.62. The summed E-state index contributed by atoms with van der Waals surface area (Å²) in [4.78, 5) is 24.3. The molecule has 14 heavy (non-hydrogen) atoms. The molecular weight excluding hydrogens is 188 g/mol. The second kappa shape index (κ2) is 2.93. The standard InChI is InChI=1S/C8H12N2O4/c1-5(2-11)10-6(12)8(3-14-4-8)9-7(10)13/h5,11H,2-4H2,1H3,(H,9,13). The third-order valence-electron chi connectivity index (χ3n) is 2.60. The van der Waals surface area contributed by atoms with Crippen LogP contribution in [0.2, 0.25) is 0 Å². The molecular formula is C8H12N2O4. The number of urea groups is 1. The average molecular weight is 200 g/mol. The zero-order valence-corrected chi connectivity index (χ0v) is 7.82. The quantitative estimate of drug-likeness (QED) is 0.542. The second-order valence-electron chi connectivity index (χ2n) is 3.71. The molecule has 2 aliphatic heterocycles. The van der Waals surface area contributed by atoms with Gasteiger partial charge in [0.1, 0.15) is 0 Å². The summed E-state index contributed by atoms with van der Waals surface area (Å²) in [5, 5.41) is 11.5. The molecule has 2 saturated heterocycles. The number of rotatable bonds is 2. The van der Waals surface area contributed by atoms with Crippen LogP contribution in [0.25, 0.3) is 0 Å². The molecule has 2 fully saturated rings. The lowest BCUT2D eigenvalue weighted by Gasteiger charge is -2.35. The van der Waals surface area contributed by atoms with Crippen molar-refractivity contribution in [1.82, 2.24) is 10.2 Å². The highest BCUT2D eigenvalue weighted by Crippen LogP contribution is 2.26. The van der Waals surface area contributed by atoms with Gasteiger partial charge in [0, 0.05) is 0 Å². The first-order chi connectivity index (χ1) is 6.60. The molecule has 0 saturated carbocycles. The van der Waals surface area contributed by atoms with E-state index in [1.54, 1.807) is 6.92 Å². The number of nitrogens with zero attached hydrogens (tertiary/aromatic N) is 1. The molecule has 2 aliphatic rings. The van der Waals surface area contributed by atoms with Gasteiger partial charge in [0.05, 0.1) is 25.9 Å². The minimum Gasteiger partial charge on any atom is -0.394 e. The highest BCUT2D eigenvalue weighted by atomic mass is 16.5. The third kappa shape index (κ3) is 1.04. The van der Waals surface area contributed by atoms with Gasteiger partial charge < -0.3 is 15.2 Å². The van der Waals surface area contributed by atoms with Gasteiger partial charge in [0.2, 0.25) is 0 Å². The average Bonchev–Trinajstić information content (AvgIpc) is 2.36. The number of hydrogen-bond donors (Lipinski definition) is 2. The van der Waals surface area contributed by atoms with Crippen molar-refractivity contribution >= 4 is 11.9 Å². The number of carbonyl (C=O) groups excluding carboxylic acids is 2. The van der Waals surface area contributed by atoms with Crippen LogP contribution in [0.3, 0.4) is 0 Å². The van der Waals surface area contributed by atoms with E-state index >= 15 is 0 Å². The van der Waals surface area contributed by atoms with Crippen LogP contribution in [-0.4, -0.2) is 53.3 Å². The minimum absolute atomic E-state index is 0.226. The second-order valence-corrected chi connectivity index (χ2v) is 3.71. The van der Waals surface area contributed by atoms with Crippen LogP contribution in [0.1, 0.15) is 6.92 Å². The van der Waals surface area contributed by atoms with Crippen LogP contribution in [0, 0.1) is 0 Å². The highest BCUT2D eigenvalue weighted by Gasteiger charge is 2.57. The Hall–Kier alpha value is -1.14. The molecule has 6 heteroatoms. The van der Waals surface area contributed by atoms with E-state index in [-0.39, 0.29) is 25.7 Å². The van der Waals surface area contributed by atoms with Gasteiger partial charge in [0.25, 0.3) is 5.91 Å². The van der Waals surface area contributed by atoms with Crippen molar-refractivity contribution < 1.29 is 19.4 Å². The van der Waals surface area contributed by atoms with E-state index in [1.807, 2.05) is 0 Å². The maximum atomic E-state index is 11.8. The van der Waals surface area contributed by atoms with Crippen molar-refractivity contribution in [1.29, 1.82) is 0 Å². The van der Waals surface area contributed by atoms with E-state index < -0.39 is 17.6 Å². The van der Waals surface area contributed by atoms with E-state index in [0.29, 0.717) is 0 Å². The van der Waals surface area contributed by atoms with Crippen molar-refractivity contribution in [3.8, 4) is 0 Å². The molecule has 2 N–H and O–H groups in total. The van der Waals surface area contributed by atoms with Crippen LogP contribution < -0.4 is 5.32 Å². The van der Waals surface area contributed by atoms with Crippen LogP contribution >= 0.6 is 0 Å². The predicted octanol–water partition coefficient (Wildman–Crippen LogP) is -1.31. The Morgan fingerprint density at radius 1 is 1.64 bits per heavy atom. The van der Waals surface area contributed by atoms with E-state index in [2.05, 4.69) is 5.32 Å². The first-order valence-electron chi connectivity index (χ1n) is 4.45. The summed E-state index contributed by atoms with van der Waals surface area (Å²) in [7, 11) is 0. The predicted molar refractivity (Wildman–Crippen MR) is 45.5 cm³/mol. The van der Waals surface area contributed by atoms with Gasteiger partial charge in [-0.2, -0.15) is 0 Å². The van der Waals surface area contributed by atoms with Gasteiger partial charge in [-0.15, -0.1) is 0 Å². The summed E-state index contributed by atoms with van der Waals surface area (Å²) in [6.45, 7) is 1.85. The molecule has 78 valence electrons. The molecule has 0 bridgehead atoms. The van der Waals surface area contributed by atoms with Crippen molar-refractivity contribution in [2.24, 2.45) is 0 Å². The molecule has 3 amide bonds. The maximum absolute atomic E-state index is 11.8. The Morgan fingerprint density at radius 2 is 2.29 bits per heavy atom. The highest BCUT2D eigenvalue weighted by molar-refractivity contribution is 6.08. The summed E-state index contributed by atoms with van der Waals surface area (Å²) < 4.78 is 4.92. The fraction of sp³-hybridized carbons (Fsp3) is 0.750. The lowest BCUT2D eigenvalue weighted by atomic mass is 9.98. The van der Waals surface area contributed by atoms with Crippen LogP contribution in [-0.2, 0) is 9.53 Å². The molecule has 0 aromatic rings. The number of aliphatic hydroxyl groups excluding tert-OH is 1.